The molecule has 0 fully saturated rings. The third kappa shape index (κ3) is 4.06. The summed E-state index contributed by atoms with van der Waals surface area (Å²) in [5.41, 5.74) is 7.78. The van der Waals surface area contributed by atoms with Crippen LogP contribution in [0.15, 0.2) is 36.4 Å². The van der Waals surface area contributed by atoms with E-state index in [1.165, 1.54) is 14.2 Å². The Hall–Kier alpha value is -2.89. The van der Waals surface area contributed by atoms with Crippen molar-refractivity contribution in [1.82, 2.24) is 0 Å². The molecule has 0 radical (unpaired) electrons. The number of benzene rings is 2. The van der Waals surface area contributed by atoms with Crippen molar-refractivity contribution < 1.29 is 19.0 Å². The minimum Gasteiger partial charge on any atom is -0.497 e. The molecule has 2 rings (SSSR count). The number of nitrogen functional groups attached to an aromatic ring is 1. The van der Waals surface area contributed by atoms with Gasteiger partial charge in [0.2, 0.25) is 5.91 Å². The van der Waals surface area contributed by atoms with Gasteiger partial charge in [-0.25, -0.2) is 0 Å². The maximum atomic E-state index is 12.2. The Morgan fingerprint density at radius 2 is 1.74 bits per heavy atom. The number of carbonyl (C=O) groups is 1. The Balaban J connectivity index is 2.13. The molecule has 0 bridgehead atoms. The maximum Gasteiger partial charge on any atom is 0.228 e. The predicted octanol–water partition coefficient (Wildman–Crippen LogP) is 2.48. The van der Waals surface area contributed by atoms with Crippen molar-refractivity contribution in [2.24, 2.45) is 0 Å². The van der Waals surface area contributed by atoms with Crippen molar-refractivity contribution in [2.45, 2.75) is 6.42 Å². The van der Waals surface area contributed by atoms with E-state index in [4.69, 9.17) is 19.9 Å². The average Bonchev–Trinajstić information content (AvgIpc) is 2.56. The molecule has 23 heavy (non-hydrogen) atoms. The number of amides is 1. The van der Waals surface area contributed by atoms with E-state index >= 15 is 0 Å². The lowest BCUT2D eigenvalue weighted by Gasteiger charge is -2.13. The number of nitrogens with two attached hydrogens (primary N) is 1. The molecule has 0 unspecified atom stereocenters. The average molecular weight is 316 g/mol. The molecule has 0 aliphatic heterocycles. The van der Waals surface area contributed by atoms with Crippen LogP contribution in [0.3, 0.4) is 0 Å². The van der Waals surface area contributed by atoms with Gasteiger partial charge in [-0.3, -0.25) is 4.79 Å². The first-order chi connectivity index (χ1) is 11.1. The number of hydrogen-bond acceptors (Lipinski definition) is 5. The van der Waals surface area contributed by atoms with Gasteiger partial charge in [0, 0.05) is 23.5 Å². The molecule has 0 heterocycles. The van der Waals surface area contributed by atoms with Crippen LogP contribution >= 0.6 is 0 Å². The molecule has 2 aromatic carbocycles. The Morgan fingerprint density at radius 1 is 1.04 bits per heavy atom. The highest BCUT2D eigenvalue weighted by Crippen LogP contribution is 2.32. The lowest BCUT2D eigenvalue weighted by Crippen LogP contribution is -2.15. The second kappa shape index (κ2) is 7.40. The molecule has 0 saturated heterocycles. The number of hydrogen-bond donors (Lipinski definition) is 2. The van der Waals surface area contributed by atoms with Crippen molar-refractivity contribution in [3.05, 3.63) is 42.0 Å². The molecule has 2 aromatic rings. The molecule has 0 saturated carbocycles. The van der Waals surface area contributed by atoms with E-state index < -0.39 is 0 Å². The van der Waals surface area contributed by atoms with E-state index in [9.17, 15) is 4.79 Å². The van der Waals surface area contributed by atoms with E-state index in [2.05, 4.69) is 5.32 Å². The van der Waals surface area contributed by atoms with Gasteiger partial charge in [0.15, 0.2) is 11.5 Å². The highest BCUT2D eigenvalue weighted by molar-refractivity contribution is 5.93. The zero-order chi connectivity index (χ0) is 16.8. The van der Waals surface area contributed by atoms with Gasteiger partial charge in [0.05, 0.1) is 27.8 Å². The summed E-state index contributed by atoms with van der Waals surface area (Å²) >= 11 is 0. The Kier molecular flexibility index (Phi) is 5.30. The van der Waals surface area contributed by atoms with Gasteiger partial charge in [0.1, 0.15) is 5.75 Å². The van der Waals surface area contributed by atoms with E-state index in [0.29, 0.717) is 34.2 Å². The molecule has 0 aliphatic carbocycles. The number of nitrogens with one attached hydrogen (secondary N) is 1. The van der Waals surface area contributed by atoms with E-state index in [-0.39, 0.29) is 12.3 Å². The molecule has 0 spiro atoms. The summed E-state index contributed by atoms with van der Waals surface area (Å²) in [5, 5.41) is 2.81. The van der Waals surface area contributed by atoms with Crippen molar-refractivity contribution >= 4 is 17.3 Å². The summed E-state index contributed by atoms with van der Waals surface area (Å²) in [5.74, 6) is 1.55. The number of carbonyl (C=O) groups excluding carboxylic acids is 1. The van der Waals surface area contributed by atoms with Crippen molar-refractivity contribution in [3.63, 3.8) is 0 Å². The third-order valence-electron chi connectivity index (χ3n) is 3.35. The van der Waals surface area contributed by atoms with Crippen LogP contribution in [0.5, 0.6) is 17.2 Å². The van der Waals surface area contributed by atoms with Crippen LogP contribution in [-0.2, 0) is 11.2 Å². The largest absolute Gasteiger partial charge is 0.497 e. The minimum atomic E-state index is -0.183. The Labute approximate surface area is 135 Å². The highest BCUT2D eigenvalue weighted by Gasteiger charge is 2.12. The topological polar surface area (TPSA) is 82.8 Å². The van der Waals surface area contributed by atoms with Gasteiger partial charge in [-0.2, -0.15) is 0 Å². The quantitative estimate of drug-likeness (QED) is 0.800. The van der Waals surface area contributed by atoms with Crippen LogP contribution in [0.2, 0.25) is 0 Å². The first-order valence-corrected chi connectivity index (χ1v) is 7.01. The molecule has 122 valence electrons. The van der Waals surface area contributed by atoms with Crippen LogP contribution in [0.1, 0.15) is 5.56 Å². The van der Waals surface area contributed by atoms with Gasteiger partial charge in [-0.1, -0.05) is 6.07 Å². The van der Waals surface area contributed by atoms with Gasteiger partial charge >= 0.3 is 0 Å². The predicted molar refractivity (Wildman–Crippen MR) is 89.3 cm³/mol. The smallest absolute Gasteiger partial charge is 0.228 e. The van der Waals surface area contributed by atoms with E-state index in [1.807, 2.05) is 6.07 Å². The molecule has 1 amide bonds. The van der Waals surface area contributed by atoms with Crippen molar-refractivity contribution in [3.8, 4) is 17.2 Å². The fraction of sp³-hybridized carbons (Fsp3) is 0.235. The molecule has 0 atom stereocenters. The molecule has 0 aliphatic rings. The summed E-state index contributed by atoms with van der Waals surface area (Å²) in [6.45, 7) is 0. The number of ether oxygens (including phenoxy) is 3. The lowest BCUT2D eigenvalue weighted by atomic mass is 10.1. The van der Waals surface area contributed by atoms with E-state index in [0.717, 1.165) is 0 Å². The molecular weight excluding hydrogens is 296 g/mol. The summed E-state index contributed by atoms with van der Waals surface area (Å²) in [4.78, 5) is 12.2. The lowest BCUT2D eigenvalue weighted by molar-refractivity contribution is -0.115. The summed E-state index contributed by atoms with van der Waals surface area (Å²) in [7, 11) is 4.64. The van der Waals surface area contributed by atoms with Crippen molar-refractivity contribution in [2.75, 3.05) is 32.4 Å². The van der Waals surface area contributed by atoms with Crippen LogP contribution in [0, 0.1) is 0 Å². The first-order valence-electron chi connectivity index (χ1n) is 7.01. The van der Waals surface area contributed by atoms with Crippen LogP contribution < -0.4 is 25.3 Å². The maximum absolute atomic E-state index is 12.2. The number of rotatable bonds is 6. The second-order valence-corrected chi connectivity index (χ2v) is 4.86. The monoisotopic (exact) mass is 316 g/mol. The molecule has 3 N–H and O–H groups in total. The minimum absolute atomic E-state index is 0.128. The Morgan fingerprint density at radius 3 is 2.39 bits per heavy atom. The van der Waals surface area contributed by atoms with Crippen LogP contribution in [-0.4, -0.2) is 27.2 Å². The number of methoxy groups -OCH3 is 3. The first kappa shape index (κ1) is 16.5. The fourth-order valence-corrected chi connectivity index (χ4v) is 2.17. The van der Waals surface area contributed by atoms with Crippen LogP contribution in [0.25, 0.3) is 0 Å². The summed E-state index contributed by atoms with van der Waals surface area (Å²) < 4.78 is 15.5. The second-order valence-electron chi connectivity index (χ2n) is 4.86. The SMILES string of the molecule is COc1cccc(NC(=O)Cc2cc(OC)c(OC)cc2N)c1. The highest BCUT2D eigenvalue weighted by atomic mass is 16.5. The summed E-state index contributed by atoms with van der Waals surface area (Å²) in [6, 6.07) is 10.5. The van der Waals surface area contributed by atoms with Gasteiger partial charge in [-0.15, -0.1) is 0 Å². The third-order valence-corrected chi connectivity index (χ3v) is 3.35. The van der Waals surface area contributed by atoms with Gasteiger partial charge in [-0.05, 0) is 23.8 Å². The molecule has 6 heteroatoms. The number of anilines is 2. The molecular formula is C17H20N2O4. The fourth-order valence-electron chi connectivity index (χ4n) is 2.17. The molecule has 0 aromatic heterocycles. The standard InChI is InChI=1S/C17H20N2O4/c1-21-13-6-4-5-12(9-13)19-17(20)8-11-7-15(22-2)16(23-3)10-14(11)18/h4-7,9-10H,8,18H2,1-3H3,(H,19,20). The Bertz CT molecular complexity index is 701. The van der Waals surface area contributed by atoms with E-state index in [1.54, 1.807) is 37.4 Å². The molecule has 6 nitrogen and oxygen atoms in total. The zero-order valence-electron chi connectivity index (χ0n) is 13.4. The van der Waals surface area contributed by atoms with Gasteiger partial charge in [0.25, 0.3) is 0 Å². The van der Waals surface area contributed by atoms with Crippen LogP contribution in [0.4, 0.5) is 11.4 Å². The van der Waals surface area contributed by atoms with Crippen molar-refractivity contribution in [1.29, 1.82) is 0 Å². The normalized spacial score (nSPS) is 10.0. The van der Waals surface area contributed by atoms with Gasteiger partial charge < -0.3 is 25.3 Å². The zero-order valence-corrected chi connectivity index (χ0v) is 13.4. The summed E-state index contributed by atoms with van der Waals surface area (Å²) in [6.07, 6.45) is 0.128.